The first-order valence-electron chi connectivity index (χ1n) is 6.86. The lowest BCUT2D eigenvalue weighted by atomic mass is 9.82. The Morgan fingerprint density at radius 3 is 2.30 bits per heavy atom. The molecule has 0 saturated heterocycles. The quantitative estimate of drug-likeness (QED) is 0.855. The molecule has 0 spiro atoms. The van der Waals surface area contributed by atoms with Gasteiger partial charge in [-0.15, -0.1) is 0 Å². The number of hydrogen-bond donors (Lipinski definition) is 1. The molecule has 0 aliphatic heterocycles. The molecule has 1 rings (SSSR count). The number of halogens is 1. The van der Waals surface area contributed by atoms with Crippen LogP contribution in [0.3, 0.4) is 0 Å². The van der Waals surface area contributed by atoms with Gasteiger partial charge in [-0.2, -0.15) is 0 Å². The normalized spacial score (nSPS) is 14.9. The van der Waals surface area contributed by atoms with Gasteiger partial charge in [0.1, 0.15) is 5.75 Å². The van der Waals surface area contributed by atoms with Crippen LogP contribution in [0.1, 0.15) is 26.3 Å². The van der Waals surface area contributed by atoms with Crippen molar-refractivity contribution in [1.82, 2.24) is 5.32 Å². The summed E-state index contributed by atoms with van der Waals surface area (Å²) < 4.78 is 12.0. The molecule has 0 heterocycles. The molecule has 0 aliphatic rings. The highest BCUT2D eigenvalue weighted by Gasteiger charge is 2.31. The third-order valence-corrected chi connectivity index (χ3v) is 4.14. The van der Waals surface area contributed by atoms with Crippen molar-refractivity contribution in [3.63, 3.8) is 0 Å². The van der Waals surface area contributed by atoms with Gasteiger partial charge in [0.2, 0.25) is 0 Å². The summed E-state index contributed by atoms with van der Waals surface area (Å²) in [6.07, 6.45) is 1.06. The summed E-state index contributed by atoms with van der Waals surface area (Å²) in [4.78, 5) is 0. The fourth-order valence-corrected chi connectivity index (χ4v) is 3.16. The molecular weight excluding hydrogens is 318 g/mol. The second-order valence-electron chi connectivity index (χ2n) is 6.09. The van der Waals surface area contributed by atoms with Gasteiger partial charge >= 0.3 is 0 Å². The highest BCUT2D eigenvalue weighted by molar-refractivity contribution is 9.10. The average molecular weight is 344 g/mol. The average Bonchev–Trinajstić information content (AvgIpc) is 2.37. The minimum Gasteiger partial charge on any atom is -0.496 e. The lowest BCUT2D eigenvalue weighted by molar-refractivity contribution is -0.00921. The molecule has 0 bridgehead atoms. The predicted octanol–water partition coefficient (Wildman–Crippen LogP) is 3.65. The molecule has 114 valence electrons. The molecule has 2 unspecified atom stereocenters. The van der Waals surface area contributed by atoms with Crippen molar-refractivity contribution in [2.45, 2.75) is 39.3 Å². The first-order valence-corrected chi connectivity index (χ1v) is 7.65. The van der Waals surface area contributed by atoms with Gasteiger partial charge in [0, 0.05) is 13.2 Å². The number of hydrogen-bond acceptors (Lipinski definition) is 3. The molecule has 0 fully saturated rings. The molecule has 0 saturated carbocycles. The molecule has 4 heteroatoms. The first-order chi connectivity index (χ1) is 9.33. The molecule has 2 atom stereocenters. The van der Waals surface area contributed by atoms with Crippen molar-refractivity contribution in [3.05, 3.63) is 28.2 Å². The second-order valence-corrected chi connectivity index (χ2v) is 6.94. The van der Waals surface area contributed by atoms with Crippen LogP contribution in [-0.4, -0.2) is 33.4 Å². The Bertz CT molecular complexity index is 429. The van der Waals surface area contributed by atoms with E-state index in [0.29, 0.717) is 0 Å². The number of nitrogens with one attached hydrogen (secondary N) is 1. The summed E-state index contributed by atoms with van der Waals surface area (Å²) in [7, 11) is 5.45. The highest BCUT2D eigenvalue weighted by atomic mass is 79.9. The van der Waals surface area contributed by atoms with Crippen molar-refractivity contribution < 1.29 is 9.47 Å². The van der Waals surface area contributed by atoms with Gasteiger partial charge in [0.15, 0.2) is 0 Å². The van der Waals surface area contributed by atoms with Gasteiger partial charge in [0.25, 0.3) is 0 Å². The molecule has 20 heavy (non-hydrogen) atoms. The smallest absolute Gasteiger partial charge is 0.133 e. The Hall–Kier alpha value is -0.580. The van der Waals surface area contributed by atoms with Crippen molar-refractivity contribution in [2.24, 2.45) is 5.41 Å². The van der Waals surface area contributed by atoms with E-state index in [1.807, 2.05) is 13.1 Å². The number of rotatable bonds is 6. The van der Waals surface area contributed by atoms with E-state index in [9.17, 15) is 0 Å². The molecule has 1 N–H and O–H groups in total. The fraction of sp³-hybridized carbons (Fsp3) is 0.625. The van der Waals surface area contributed by atoms with Crippen molar-refractivity contribution in [2.75, 3.05) is 21.3 Å². The lowest BCUT2D eigenvalue weighted by Crippen LogP contribution is -2.47. The molecule has 0 aliphatic carbocycles. The molecule has 1 aromatic rings. The van der Waals surface area contributed by atoms with Crippen LogP contribution < -0.4 is 10.1 Å². The van der Waals surface area contributed by atoms with E-state index in [-0.39, 0.29) is 17.6 Å². The van der Waals surface area contributed by atoms with E-state index in [2.05, 4.69) is 54.2 Å². The van der Waals surface area contributed by atoms with E-state index in [1.165, 1.54) is 5.56 Å². The fourth-order valence-electron chi connectivity index (χ4n) is 2.57. The van der Waals surface area contributed by atoms with E-state index < -0.39 is 0 Å². The summed E-state index contributed by atoms with van der Waals surface area (Å²) >= 11 is 3.54. The van der Waals surface area contributed by atoms with Gasteiger partial charge in [-0.05, 0) is 52.5 Å². The summed E-state index contributed by atoms with van der Waals surface area (Å²) in [5.41, 5.74) is 1.34. The monoisotopic (exact) mass is 343 g/mol. The summed E-state index contributed by atoms with van der Waals surface area (Å²) in [5.74, 6) is 0.855. The molecular formula is C16H26BrNO2. The summed E-state index contributed by atoms with van der Waals surface area (Å²) in [5, 5.41) is 3.38. The van der Waals surface area contributed by atoms with Crippen molar-refractivity contribution >= 4 is 15.9 Å². The molecule has 3 nitrogen and oxygen atoms in total. The van der Waals surface area contributed by atoms with Gasteiger partial charge in [-0.3, -0.25) is 0 Å². The number of ether oxygens (including phenoxy) is 2. The summed E-state index contributed by atoms with van der Waals surface area (Å²) in [6, 6.07) is 6.47. The van der Waals surface area contributed by atoms with E-state index in [0.717, 1.165) is 16.6 Å². The van der Waals surface area contributed by atoms with Crippen LogP contribution in [-0.2, 0) is 11.2 Å². The number of likely N-dealkylation sites (N-methyl/N-ethyl adjacent to an activating group) is 1. The minimum absolute atomic E-state index is 0.0894. The van der Waals surface area contributed by atoms with Gasteiger partial charge < -0.3 is 14.8 Å². The van der Waals surface area contributed by atoms with Gasteiger partial charge in [-0.25, -0.2) is 0 Å². The molecule has 0 aromatic heterocycles. The zero-order valence-electron chi connectivity index (χ0n) is 13.3. The van der Waals surface area contributed by atoms with E-state index >= 15 is 0 Å². The van der Waals surface area contributed by atoms with Crippen LogP contribution in [0.5, 0.6) is 5.75 Å². The van der Waals surface area contributed by atoms with Crippen LogP contribution in [0.25, 0.3) is 0 Å². The predicted molar refractivity (Wildman–Crippen MR) is 87.5 cm³/mol. The standard InChI is InChI=1S/C16H26BrNO2/c1-16(2,3)15(20-6)13(18-4)10-11-7-8-14(19-5)12(17)9-11/h7-9,13,15,18H,10H2,1-6H3. The topological polar surface area (TPSA) is 30.5 Å². The van der Waals surface area contributed by atoms with Crippen molar-refractivity contribution in [3.8, 4) is 5.75 Å². The van der Waals surface area contributed by atoms with Crippen LogP contribution >= 0.6 is 15.9 Å². The molecule has 0 amide bonds. The third kappa shape index (κ3) is 4.47. The van der Waals surface area contributed by atoms with Crippen LogP contribution in [0.2, 0.25) is 0 Å². The molecule has 1 aromatic carbocycles. The maximum atomic E-state index is 5.72. The maximum Gasteiger partial charge on any atom is 0.133 e. The minimum atomic E-state index is 0.0894. The first kappa shape index (κ1) is 17.5. The van der Waals surface area contributed by atoms with Gasteiger partial charge in [-0.1, -0.05) is 26.8 Å². The highest BCUT2D eigenvalue weighted by Crippen LogP contribution is 2.29. The van der Waals surface area contributed by atoms with Crippen molar-refractivity contribution in [1.29, 1.82) is 0 Å². The van der Waals surface area contributed by atoms with E-state index in [1.54, 1.807) is 14.2 Å². The zero-order chi connectivity index (χ0) is 15.3. The van der Waals surface area contributed by atoms with Crippen LogP contribution in [0.15, 0.2) is 22.7 Å². The summed E-state index contributed by atoms with van der Waals surface area (Å²) in [6.45, 7) is 6.61. The Balaban J connectivity index is 2.90. The maximum absolute atomic E-state index is 5.72. The van der Waals surface area contributed by atoms with Gasteiger partial charge in [0.05, 0.1) is 17.7 Å². The Kier molecular flexibility index (Phi) is 6.49. The zero-order valence-corrected chi connectivity index (χ0v) is 14.9. The largest absolute Gasteiger partial charge is 0.496 e. The second kappa shape index (κ2) is 7.43. The lowest BCUT2D eigenvalue weighted by Gasteiger charge is -2.36. The number of methoxy groups -OCH3 is 2. The van der Waals surface area contributed by atoms with Crippen LogP contribution in [0.4, 0.5) is 0 Å². The Morgan fingerprint density at radius 2 is 1.90 bits per heavy atom. The Morgan fingerprint density at radius 1 is 1.25 bits per heavy atom. The van der Waals surface area contributed by atoms with E-state index in [4.69, 9.17) is 9.47 Å². The third-order valence-electron chi connectivity index (χ3n) is 3.52. The SMILES string of the molecule is CNC(Cc1ccc(OC)c(Br)c1)C(OC)C(C)(C)C. The number of benzene rings is 1. The van der Waals surface area contributed by atoms with Crippen LogP contribution in [0, 0.1) is 5.41 Å². The molecule has 0 radical (unpaired) electrons. The Labute approximate surface area is 131 Å².